The Morgan fingerprint density at radius 2 is 1.18 bits per heavy atom. The minimum atomic E-state index is -6.91. The van der Waals surface area contributed by atoms with E-state index in [2.05, 4.69) is 11.7 Å². The fraction of sp³-hybridized carbons (Fsp3) is 0.857. The van der Waals surface area contributed by atoms with Crippen LogP contribution in [0.4, 0.5) is 39.5 Å². The molecular weight excluding hydrogens is 271 g/mol. The molecule has 0 spiro atoms. The molecule has 10 heteroatoms. The van der Waals surface area contributed by atoms with Gasteiger partial charge >= 0.3 is 24.1 Å². The first-order valence-corrected chi connectivity index (χ1v) is 3.94. The summed E-state index contributed by atoms with van der Waals surface area (Å²) >= 11 is 0. The standard InChI is InChI=1S/C7H6F9O/c1-2-3-17-7(15,16)5(10,11)4(8,9)6(12,13)14/h1-3H2. The quantitative estimate of drug-likeness (QED) is 0.697. The Kier molecular flexibility index (Phi) is 4.36. The Balaban J connectivity index is 5.24. The molecule has 0 amide bonds. The molecule has 0 aromatic carbocycles. The second kappa shape index (κ2) is 4.54. The molecule has 0 saturated heterocycles. The van der Waals surface area contributed by atoms with Gasteiger partial charge in [-0.2, -0.15) is 39.5 Å². The predicted molar refractivity (Wildman–Crippen MR) is 36.8 cm³/mol. The summed E-state index contributed by atoms with van der Waals surface area (Å²) in [5, 5.41) is 0. The highest BCUT2D eigenvalue weighted by Gasteiger charge is 2.82. The van der Waals surface area contributed by atoms with Crippen LogP contribution in [-0.2, 0) is 4.74 Å². The van der Waals surface area contributed by atoms with Crippen LogP contribution in [0.3, 0.4) is 0 Å². The molecular formula is C7H6F9O. The molecule has 0 aliphatic heterocycles. The number of halogens is 9. The summed E-state index contributed by atoms with van der Waals surface area (Å²) in [6.45, 7) is 1.67. The van der Waals surface area contributed by atoms with Gasteiger partial charge in [-0.15, -0.1) is 0 Å². The van der Waals surface area contributed by atoms with Gasteiger partial charge in [0.2, 0.25) is 0 Å². The Morgan fingerprint density at radius 3 is 1.47 bits per heavy atom. The van der Waals surface area contributed by atoms with Gasteiger partial charge in [0, 0.05) is 0 Å². The van der Waals surface area contributed by atoms with Crippen molar-refractivity contribution in [1.82, 2.24) is 0 Å². The van der Waals surface area contributed by atoms with Crippen molar-refractivity contribution in [3.05, 3.63) is 6.92 Å². The summed E-state index contributed by atoms with van der Waals surface area (Å²) in [6.07, 6.45) is -13.3. The largest absolute Gasteiger partial charge is 0.460 e. The van der Waals surface area contributed by atoms with Gasteiger partial charge in [0.05, 0.1) is 6.61 Å². The molecule has 0 N–H and O–H groups in total. The third-order valence-corrected chi connectivity index (χ3v) is 1.54. The number of rotatable bonds is 5. The number of alkyl halides is 9. The first kappa shape index (κ1) is 16.3. The Labute approximate surface area is 89.5 Å². The Morgan fingerprint density at radius 1 is 0.765 bits per heavy atom. The molecule has 0 heterocycles. The summed E-state index contributed by atoms with van der Waals surface area (Å²) in [7, 11) is 0. The normalized spacial score (nSPS) is 15.2. The topological polar surface area (TPSA) is 9.23 Å². The van der Waals surface area contributed by atoms with Gasteiger partial charge in [-0.05, 0) is 6.42 Å². The Hall–Kier alpha value is -0.670. The van der Waals surface area contributed by atoms with Gasteiger partial charge < -0.3 is 4.74 Å². The van der Waals surface area contributed by atoms with Crippen LogP contribution >= 0.6 is 0 Å². The maximum atomic E-state index is 12.4. The van der Waals surface area contributed by atoms with E-state index in [9.17, 15) is 39.5 Å². The molecule has 0 unspecified atom stereocenters. The molecule has 0 atom stereocenters. The molecule has 0 aliphatic rings. The lowest BCUT2D eigenvalue weighted by atomic mass is 10.1. The monoisotopic (exact) mass is 277 g/mol. The fourth-order valence-corrected chi connectivity index (χ4v) is 0.652. The van der Waals surface area contributed by atoms with Crippen LogP contribution < -0.4 is 0 Å². The van der Waals surface area contributed by atoms with E-state index in [-0.39, 0.29) is 0 Å². The third-order valence-electron chi connectivity index (χ3n) is 1.54. The maximum Gasteiger partial charge on any atom is 0.460 e. The van der Waals surface area contributed by atoms with E-state index < -0.39 is 37.2 Å². The average Bonchev–Trinajstić information content (AvgIpc) is 2.12. The minimum Gasteiger partial charge on any atom is -0.316 e. The smallest absolute Gasteiger partial charge is 0.316 e. The molecule has 0 fully saturated rings. The van der Waals surface area contributed by atoms with Gasteiger partial charge in [-0.1, -0.05) is 6.92 Å². The zero-order valence-corrected chi connectivity index (χ0v) is 7.93. The summed E-state index contributed by atoms with van der Waals surface area (Å²) in [5.74, 6) is -13.6. The minimum absolute atomic E-state index is 0.511. The zero-order valence-electron chi connectivity index (χ0n) is 7.93. The van der Waals surface area contributed by atoms with E-state index in [1.807, 2.05) is 0 Å². The van der Waals surface area contributed by atoms with Crippen LogP contribution in [0.1, 0.15) is 6.42 Å². The predicted octanol–water partition coefficient (Wildman–Crippen LogP) is 3.65. The number of ether oxygens (including phenoxy) is 1. The van der Waals surface area contributed by atoms with E-state index in [1.165, 1.54) is 0 Å². The molecule has 0 bridgehead atoms. The lowest BCUT2D eigenvalue weighted by molar-refractivity contribution is -0.443. The van der Waals surface area contributed by atoms with Crippen molar-refractivity contribution in [2.45, 2.75) is 30.6 Å². The molecule has 0 aromatic rings. The van der Waals surface area contributed by atoms with Crippen LogP contribution in [0.2, 0.25) is 0 Å². The van der Waals surface area contributed by atoms with Crippen molar-refractivity contribution in [2.24, 2.45) is 0 Å². The summed E-state index contributed by atoms with van der Waals surface area (Å²) < 4.78 is 112. The SMILES string of the molecule is [CH2]CCOC(F)(F)C(F)(F)C(F)(F)C(F)(F)F. The first-order chi connectivity index (χ1) is 7.31. The van der Waals surface area contributed by atoms with Crippen LogP contribution in [0.25, 0.3) is 0 Å². The maximum absolute atomic E-state index is 12.4. The summed E-state index contributed by atoms with van der Waals surface area (Å²) in [6, 6.07) is 0. The summed E-state index contributed by atoms with van der Waals surface area (Å²) in [5.41, 5.74) is 0. The van der Waals surface area contributed by atoms with E-state index in [1.54, 1.807) is 0 Å². The molecule has 1 nitrogen and oxygen atoms in total. The zero-order chi connectivity index (χ0) is 14.1. The molecule has 0 rings (SSSR count). The van der Waals surface area contributed by atoms with E-state index in [4.69, 9.17) is 0 Å². The fourth-order valence-electron chi connectivity index (χ4n) is 0.652. The van der Waals surface area contributed by atoms with Crippen molar-refractivity contribution >= 4 is 0 Å². The lowest BCUT2D eigenvalue weighted by Gasteiger charge is -2.32. The van der Waals surface area contributed by atoms with Gasteiger partial charge in [0.15, 0.2) is 0 Å². The second-order valence-electron chi connectivity index (χ2n) is 2.87. The number of hydrogen-bond acceptors (Lipinski definition) is 1. The molecule has 0 aliphatic carbocycles. The van der Waals surface area contributed by atoms with E-state index in [0.29, 0.717) is 0 Å². The van der Waals surface area contributed by atoms with Crippen molar-refractivity contribution in [1.29, 1.82) is 0 Å². The van der Waals surface area contributed by atoms with Crippen LogP contribution in [0, 0.1) is 6.92 Å². The van der Waals surface area contributed by atoms with Gasteiger partial charge in [0.1, 0.15) is 0 Å². The van der Waals surface area contributed by atoms with Crippen molar-refractivity contribution in [3.63, 3.8) is 0 Å². The van der Waals surface area contributed by atoms with Gasteiger partial charge in [-0.3, -0.25) is 0 Å². The van der Waals surface area contributed by atoms with Gasteiger partial charge in [0.25, 0.3) is 0 Å². The van der Waals surface area contributed by atoms with Crippen LogP contribution in [0.5, 0.6) is 0 Å². The summed E-state index contributed by atoms with van der Waals surface area (Å²) in [4.78, 5) is 0. The first-order valence-electron chi connectivity index (χ1n) is 3.94. The second-order valence-corrected chi connectivity index (χ2v) is 2.87. The van der Waals surface area contributed by atoms with Crippen molar-refractivity contribution in [3.8, 4) is 0 Å². The lowest BCUT2D eigenvalue weighted by Crippen LogP contribution is -2.61. The highest BCUT2D eigenvalue weighted by molar-refractivity contribution is 4.96. The molecule has 103 valence electrons. The Bertz CT molecular complexity index is 257. The van der Waals surface area contributed by atoms with Crippen molar-refractivity contribution in [2.75, 3.05) is 6.61 Å². The molecule has 17 heavy (non-hydrogen) atoms. The van der Waals surface area contributed by atoms with Crippen LogP contribution in [-0.4, -0.2) is 30.7 Å². The van der Waals surface area contributed by atoms with E-state index >= 15 is 0 Å². The third kappa shape index (κ3) is 2.78. The molecule has 0 saturated carbocycles. The highest BCUT2D eigenvalue weighted by atomic mass is 19.4. The highest BCUT2D eigenvalue weighted by Crippen LogP contribution is 2.53. The number of hydrogen-bond donors (Lipinski definition) is 0. The molecule has 1 radical (unpaired) electrons. The average molecular weight is 277 g/mol. The molecule has 0 aromatic heterocycles. The van der Waals surface area contributed by atoms with Crippen molar-refractivity contribution < 1.29 is 44.3 Å². The van der Waals surface area contributed by atoms with E-state index in [0.717, 1.165) is 0 Å². The van der Waals surface area contributed by atoms with Crippen LogP contribution in [0.15, 0.2) is 0 Å². The van der Waals surface area contributed by atoms with Gasteiger partial charge in [-0.25, -0.2) is 0 Å².